The zero-order valence-electron chi connectivity index (χ0n) is 9.81. The first-order valence-corrected chi connectivity index (χ1v) is 5.61. The van der Waals surface area contributed by atoms with Crippen LogP contribution in [-0.4, -0.2) is 43.3 Å². The van der Waals surface area contributed by atoms with Gasteiger partial charge in [0, 0.05) is 33.4 Å². The molecular formula is C11H18N4O. The molecule has 1 atom stereocenters. The molecule has 1 aliphatic rings. The largest absolute Gasteiger partial charge is 0.376 e. The van der Waals surface area contributed by atoms with E-state index in [9.17, 15) is 0 Å². The molecule has 1 unspecified atom stereocenters. The van der Waals surface area contributed by atoms with Crippen molar-refractivity contribution in [3.05, 3.63) is 12.3 Å². The van der Waals surface area contributed by atoms with Crippen LogP contribution in [-0.2, 0) is 4.74 Å². The van der Waals surface area contributed by atoms with Gasteiger partial charge in [0.1, 0.15) is 5.82 Å². The van der Waals surface area contributed by atoms with Crippen molar-refractivity contribution in [1.82, 2.24) is 9.97 Å². The SMILES string of the molecule is CN(C)c1nccc(NCC2CCCO2)n1. The molecule has 5 nitrogen and oxygen atoms in total. The number of hydrogen-bond acceptors (Lipinski definition) is 5. The molecule has 1 fully saturated rings. The van der Waals surface area contributed by atoms with Gasteiger partial charge in [-0.25, -0.2) is 4.98 Å². The highest BCUT2D eigenvalue weighted by molar-refractivity contribution is 5.40. The molecule has 88 valence electrons. The Morgan fingerprint density at radius 2 is 2.44 bits per heavy atom. The molecule has 0 aliphatic carbocycles. The van der Waals surface area contributed by atoms with Crippen LogP contribution in [0.5, 0.6) is 0 Å². The van der Waals surface area contributed by atoms with Gasteiger partial charge in [-0.15, -0.1) is 0 Å². The molecule has 1 N–H and O–H groups in total. The summed E-state index contributed by atoms with van der Waals surface area (Å²) in [6.07, 6.45) is 4.40. The fourth-order valence-corrected chi connectivity index (χ4v) is 1.69. The maximum atomic E-state index is 5.54. The van der Waals surface area contributed by atoms with E-state index in [0.29, 0.717) is 6.10 Å². The van der Waals surface area contributed by atoms with E-state index in [4.69, 9.17) is 4.74 Å². The number of anilines is 2. The van der Waals surface area contributed by atoms with Gasteiger partial charge in [-0.3, -0.25) is 0 Å². The van der Waals surface area contributed by atoms with Gasteiger partial charge in [-0.1, -0.05) is 0 Å². The molecule has 1 aromatic heterocycles. The predicted octanol–water partition coefficient (Wildman–Crippen LogP) is 1.13. The Hall–Kier alpha value is -1.36. The van der Waals surface area contributed by atoms with Crippen molar-refractivity contribution in [3.8, 4) is 0 Å². The summed E-state index contributed by atoms with van der Waals surface area (Å²) in [7, 11) is 3.86. The van der Waals surface area contributed by atoms with Crippen LogP contribution in [0.4, 0.5) is 11.8 Å². The number of nitrogens with one attached hydrogen (secondary N) is 1. The monoisotopic (exact) mass is 222 g/mol. The third kappa shape index (κ3) is 2.82. The fraction of sp³-hybridized carbons (Fsp3) is 0.636. The van der Waals surface area contributed by atoms with Gasteiger partial charge in [0.05, 0.1) is 6.10 Å². The van der Waals surface area contributed by atoms with Gasteiger partial charge in [0.2, 0.25) is 5.95 Å². The van der Waals surface area contributed by atoms with Crippen molar-refractivity contribution < 1.29 is 4.74 Å². The number of hydrogen-bond donors (Lipinski definition) is 1. The predicted molar refractivity (Wildman–Crippen MR) is 63.8 cm³/mol. The minimum atomic E-state index is 0.331. The summed E-state index contributed by atoms with van der Waals surface area (Å²) in [6, 6.07) is 1.88. The van der Waals surface area contributed by atoms with Crippen LogP contribution in [0.2, 0.25) is 0 Å². The Morgan fingerprint density at radius 3 is 3.12 bits per heavy atom. The average Bonchev–Trinajstić information content (AvgIpc) is 2.79. The quantitative estimate of drug-likeness (QED) is 0.827. The molecule has 0 amide bonds. The summed E-state index contributed by atoms with van der Waals surface area (Å²) >= 11 is 0. The van der Waals surface area contributed by atoms with Crippen LogP contribution in [0, 0.1) is 0 Å². The molecule has 2 heterocycles. The smallest absolute Gasteiger partial charge is 0.226 e. The molecule has 1 saturated heterocycles. The molecule has 1 aliphatic heterocycles. The highest BCUT2D eigenvalue weighted by atomic mass is 16.5. The van der Waals surface area contributed by atoms with E-state index in [1.54, 1.807) is 6.20 Å². The maximum Gasteiger partial charge on any atom is 0.226 e. The maximum absolute atomic E-state index is 5.54. The van der Waals surface area contributed by atoms with E-state index >= 15 is 0 Å². The number of rotatable bonds is 4. The Morgan fingerprint density at radius 1 is 1.56 bits per heavy atom. The normalized spacial score (nSPS) is 19.8. The van der Waals surface area contributed by atoms with E-state index in [1.807, 2.05) is 25.1 Å². The van der Waals surface area contributed by atoms with Crippen molar-refractivity contribution in [2.75, 3.05) is 37.5 Å². The molecule has 0 bridgehead atoms. The second kappa shape index (κ2) is 5.12. The highest BCUT2D eigenvalue weighted by Crippen LogP contribution is 2.13. The second-order valence-corrected chi connectivity index (χ2v) is 4.15. The summed E-state index contributed by atoms with van der Waals surface area (Å²) in [5.41, 5.74) is 0. The third-order valence-corrected chi connectivity index (χ3v) is 2.58. The summed E-state index contributed by atoms with van der Waals surface area (Å²) in [5, 5.41) is 3.28. The zero-order valence-corrected chi connectivity index (χ0v) is 9.81. The van der Waals surface area contributed by atoms with E-state index in [-0.39, 0.29) is 0 Å². The van der Waals surface area contributed by atoms with Crippen LogP contribution >= 0.6 is 0 Å². The van der Waals surface area contributed by atoms with Crippen LogP contribution in [0.3, 0.4) is 0 Å². The van der Waals surface area contributed by atoms with Gasteiger partial charge in [0.25, 0.3) is 0 Å². The lowest BCUT2D eigenvalue weighted by Crippen LogP contribution is -2.20. The number of ether oxygens (including phenoxy) is 1. The van der Waals surface area contributed by atoms with E-state index in [2.05, 4.69) is 15.3 Å². The van der Waals surface area contributed by atoms with Gasteiger partial charge >= 0.3 is 0 Å². The van der Waals surface area contributed by atoms with Gasteiger partial charge < -0.3 is 15.0 Å². The lowest BCUT2D eigenvalue weighted by atomic mass is 10.2. The lowest BCUT2D eigenvalue weighted by molar-refractivity contribution is 0.120. The highest BCUT2D eigenvalue weighted by Gasteiger charge is 2.15. The number of aromatic nitrogens is 2. The fourth-order valence-electron chi connectivity index (χ4n) is 1.69. The standard InChI is InChI=1S/C11H18N4O/c1-15(2)11-12-6-5-10(14-11)13-8-9-4-3-7-16-9/h5-6,9H,3-4,7-8H2,1-2H3,(H,12,13,14). The Kier molecular flexibility index (Phi) is 3.56. The topological polar surface area (TPSA) is 50.3 Å². The first-order valence-electron chi connectivity index (χ1n) is 5.61. The van der Waals surface area contributed by atoms with Gasteiger partial charge in [0.15, 0.2) is 0 Å². The summed E-state index contributed by atoms with van der Waals surface area (Å²) < 4.78 is 5.54. The van der Waals surface area contributed by atoms with E-state index in [1.165, 1.54) is 6.42 Å². The molecule has 16 heavy (non-hydrogen) atoms. The van der Waals surface area contributed by atoms with Gasteiger partial charge in [-0.2, -0.15) is 4.98 Å². The lowest BCUT2D eigenvalue weighted by Gasteiger charge is -2.13. The average molecular weight is 222 g/mol. The molecule has 2 rings (SSSR count). The second-order valence-electron chi connectivity index (χ2n) is 4.15. The van der Waals surface area contributed by atoms with Crippen molar-refractivity contribution in [1.29, 1.82) is 0 Å². The van der Waals surface area contributed by atoms with Crippen molar-refractivity contribution in [2.24, 2.45) is 0 Å². The van der Waals surface area contributed by atoms with Crippen LogP contribution in [0.25, 0.3) is 0 Å². The molecule has 0 saturated carbocycles. The van der Waals surface area contributed by atoms with E-state index in [0.717, 1.165) is 31.3 Å². The zero-order chi connectivity index (χ0) is 11.4. The van der Waals surface area contributed by atoms with Crippen molar-refractivity contribution in [2.45, 2.75) is 18.9 Å². The third-order valence-electron chi connectivity index (χ3n) is 2.58. The first kappa shape index (κ1) is 11.1. The minimum Gasteiger partial charge on any atom is -0.376 e. The van der Waals surface area contributed by atoms with Gasteiger partial charge in [-0.05, 0) is 18.9 Å². The van der Waals surface area contributed by atoms with E-state index < -0.39 is 0 Å². The molecule has 1 aromatic rings. The van der Waals surface area contributed by atoms with Crippen LogP contribution in [0.1, 0.15) is 12.8 Å². The minimum absolute atomic E-state index is 0.331. The molecule has 0 spiro atoms. The Labute approximate surface area is 95.8 Å². The molecule has 0 radical (unpaired) electrons. The molecule has 0 aromatic carbocycles. The molecular weight excluding hydrogens is 204 g/mol. The first-order chi connectivity index (χ1) is 7.75. The number of nitrogens with zero attached hydrogens (tertiary/aromatic N) is 3. The van der Waals surface area contributed by atoms with Crippen molar-refractivity contribution in [3.63, 3.8) is 0 Å². The summed E-state index contributed by atoms with van der Waals surface area (Å²) in [4.78, 5) is 10.4. The Bertz CT molecular complexity index is 337. The van der Waals surface area contributed by atoms with Crippen LogP contribution < -0.4 is 10.2 Å². The van der Waals surface area contributed by atoms with Crippen LogP contribution in [0.15, 0.2) is 12.3 Å². The molecule has 5 heteroatoms. The summed E-state index contributed by atoms with van der Waals surface area (Å²) in [6.45, 7) is 1.71. The summed E-state index contributed by atoms with van der Waals surface area (Å²) in [5.74, 6) is 1.58. The Balaban J connectivity index is 1.90. The van der Waals surface area contributed by atoms with Crippen molar-refractivity contribution >= 4 is 11.8 Å².